The van der Waals surface area contributed by atoms with E-state index < -0.39 is 9.84 Å². The van der Waals surface area contributed by atoms with Gasteiger partial charge < -0.3 is 15.4 Å². The van der Waals surface area contributed by atoms with Gasteiger partial charge in [0.05, 0.1) is 23.9 Å². The molecule has 7 nitrogen and oxygen atoms in total. The molecule has 0 amide bonds. The zero-order valence-electron chi connectivity index (χ0n) is 18.6. The molecule has 1 saturated heterocycles. The Kier molecular flexibility index (Phi) is 10.6. The summed E-state index contributed by atoms with van der Waals surface area (Å²) >= 11 is 0. The number of rotatable bonds is 11. The van der Waals surface area contributed by atoms with Crippen LogP contribution in [0.3, 0.4) is 0 Å². The standard InChI is InChI=1S/C22H38N4O3S/c1-4-19(5-2)21(26-13-15-29-16-14-26)18-25-22(23-3)24-12-9-17-30(27,28)20-10-7-6-8-11-20/h6-8,10-11,19,21H,4-5,9,12-18H2,1-3H3,(H2,23,24,25). The molecule has 1 aliphatic heterocycles. The smallest absolute Gasteiger partial charge is 0.191 e. The van der Waals surface area contributed by atoms with Gasteiger partial charge >= 0.3 is 0 Å². The minimum absolute atomic E-state index is 0.116. The Morgan fingerprint density at radius 1 is 1.13 bits per heavy atom. The number of benzene rings is 1. The lowest BCUT2D eigenvalue weighted by Crippen LogP contribution is -2.53. The van der Waals surface area contributed by atoms with E-state index in [0.29, 0.717) is 29.8 Å². The molecule has 170 valence electrons. The average molecular weight is 439 g/mol. The fourth-order valence-corrected chi connectivity index (χ4v) is 5.30. The topological polar surface area (TPSA) is 83.0 Å². The Morgan fingerprint density at radius 3 is 2.40 bits per heavy atom. The van der Waals surface area contributed by atoms with Gasteiger partial charge in [-0.1, -0.05) is 44.9 Å². The van der Waals surface area contributed by atoms with E-state index in [-0.39, 0.29) is 5.75 Å². The number of nitrogens with one attached hydrogen (secondary N) is 2. The van der Waals surface area contributed by atoms with Crippen LogP contribution < -0.4 is 10.6 Å². The number of aliphatic imine (C=N–C) groups is 1. The van der Waals surface area contributed by atoms with Crippen molar-refractivity contribution in [2.75, 3.05) is 52.2 Å². The molecule has 0 saturated carbocycles. The van der Waals surface area contributed by atoms with Gasteiger partial charge in [-0.05, 0) is 24.5 Å². The van der Waals surface area contributed by atoms with Gasteiger partial charge in [0, 0.05) is 39.3 Å². The second kappa shape index (κ2) is 12.9. The molecule has 0 aliphatic carbocycles. The summed E-state index contributed by atoms with van der Waals surface area (Å²) in [6.07, 6.45) is 2.81. The van der Waals surface area contributed by atoms with Crippen molar-refractivity contribution >= 4 is 15.8 Å². The Balaban J connectivity index is 1.82. The van der Waals surface area contributed by atoms with Crippen LogP contribution in [0.4, 0.5) is 0 Å². The molecule has 1 aromatic rings. The molecule has 1 fully saturated rings. The van der Waals surface area contributed by atoms with Crippen LogP contribution in [0.1, 0.15) is 33.1 Å². The van der Waals surface area contributed by atoms with Crippen molar-refractivity contribution in [2.24, 2.45) is 10.9 Å². The van der Waals surface area contributed by atoms with Crippen molar-refractivity contribution in [3.8, 4) is 0 Å². The average Bonchev–Trinajstić information content (AvgIpc) is 2.79. The quantitative estimate of drug-likeness (QED) is 0.313. The van der Waals surface area contributed by atoms with Crippen molar-refractivity contribution in [3.63, 3.8) is 0 Å². The first kappa shape index (κ1) is 24.6. The summed E-state index contributed by atoms with van der Waals surface area (Å²) in [4.78, 5) is 7.21. The van der Waals surface area contributed by atoms with Crippen LogP contribution >= 0.6 is 0 Å². The summed E-state index contributed by atoms with van der Waals surface area (Å²) in [7, 11) is -1.50. The van der Waals surface area contributed by atoms with Crippen molar-refractivity contribution in [2.45, 2.75) is 44.0 Å². The van der Waals surface area contributed by atoms with Crippen LogP contribution in [0.15, 0.2) is 40.2 Å². The number of sulfone groups is 1. The molecule has 0 radical (unpaired) electrons. The fraction of sp³-hybridized carbons (Fsp3) is 0.682. The molecule has 1 atom stereocenters. The van der Waals surface area contributed by atoms with E-state index in [4.69, 9.17) is 4.74 Å². The van der Waals surface area contributed by atoms with Crippen molar-refractivity contribution < 1.29 is 13.2 Å². The SMILES string of the molecule is CCC(CC)C(CNC(=NC)NCCCS(=O)(=O)c1ccccc1)N1CCOCC1. The molecule has 0 spiro atoms. The van der Waals surface area contributed by atoms with E-state index in [9.17, 15) is 8.42 Å². The lowest BCUT2D eigenvalue weighted by molar-refractivity contribution is 0.00272. The maximum atomic E-state index is 12.4. The van der Waals surface area contributed by atoms with E-state index in [0.717, 1.165) is 51.6 Å². The number of ether oxygens (including phenoxy) is 1. The molecule has 2 rings (SSSR count). The second-order valence-corrected chi connectivity index (χ2v) is 9.77. The number of guanidine groups is 1. The van der Waals surface area contributed by atoms with Crippen molar-refractivity contribution in [1.29, 1.82) is 0 Å². The van der Waals surface area contributed by atoms with Gasteiger partial charge in [-0.15, -0.1) is 0 Å². The third-order valence-electron chi connectivity index (χ3n) is 5.79. The van der Waals surface area contributed by atoms with Crippen LogP contribution in [-0.4, -0.2) is 77.5 Å². The zero-order valence-corrected chi connectivity index (χ0v) is 19.5. The third kappa shape index (κ3) is 7.56. The minimum atomic E-state index is -3.24. The van der Waals surface area contributed by atoms with Gasteiger partial charge in [0.1, 0.15) is 0 Å². The molecule has 1 aromatic carbocycles. The molecular weight excluding hydrogens is 400 g/mol. The lowest BCUT2D eigenvalue weighted by Gasteiger charge is -2.39. The number of morpholine rings is 1. The summed E-state index contributed by atoms with van der Waals surface area (Å²) in [5, 5.41) is 6.71. The molecule has 0 aromatic heterocycles. The molecule has 1 aliphatic rings. The van der Waals surface area contributed by atoms with Gasteiger partial charge in [0.2, 0.25) is 0 Å². The van der Waals surface area contributed by atoms with Crippen LogP contribution in [0.25, 0.3) is 0 Å². The fourth-order valence-electron chi connectivity index (χ4n) is 3.97. The molecule has 8 heteroatoms. The van der Waals surface area contributed by atoms with Crippen LogP contribution in [0.2, 0.25) is 0 Å². The Labute approximate surface area is 182 Å². The molecule has 2 N–H and O–H groups in total. The highest BCUT2D eigenvalue weighted by atomic mass is 32.2. The third-order valence-corrected chi connectivity index (χ3v) is 7.61. The predicted molar refractivity (Wildman–Crippen MR) is 123 cm³/mol. The van der Waals surface area contributed by atoms with E-state index in [1.807, 2.05) is 6.07 Å². The van der Waals surface area contributed by atoms with Crippen LogP contribution in [-0.2, 0) is 14.6 Å². The first-order valence-electron chi connectivity index (χ1n) is 11.1. The molecule has 30 heavy (non-hydrogen) atoms. The van der Waals surface area contributed by atoms with Crippen LogP contribution in [0, 0.1) is 5.92 Å². The normalized spacial score (nSPS) is 17.1. The van der Waals surface area contributed by atoms with Crippen molar-refractivity contribution in [3.05, 3.63) is 30.3 Å². The summed E-state index contributed by atoms with van der Waals surface area (Å²) in [6.45, 7) is 9.38. The summed E-state index contributed by atoms with van der Waals surface area (Å²) in [5.41, 5.74) is 0. The Hall–Kier alpha value is -1.64. The van der Waals surface area contributed by atoms with E-state index in [1.165, 1.54) is 0 Å². The molecular formula is C22H38N4O3S. The minimum Gasteiger partial charge on any atom is -0.379 e. The van der Waals surface area contributed by atoms with Gasteiger partial charge in [-0.2, -0.15) is 0 Å². The monoisotopic (exact) mass is 438 g/mol. The Bertz CT molecular complexity index is 730. The highest BCUT2D eigenvalue weighted by Gasteiger charge is 2.27. The van der Waals surface area contributed by atoms with Gasteiger partial charge in [-0.25, -0.2) is 8.42 Å². The second-order valence-electron chi connectivity index (χ2n) is 7.66. The first-order valence-corrected chi connectivity index (χ1v) is 12.7. The van der Waals surface area contributed by atoms with Gasteiger partial charge in [-0.3, -0.25) is 9.89 Å². The van der Waals surface area contributed by atoms with Gasteiger partial charge in [0.25, 0.3) is 0 Å². The molecule has 1 heterocycles. The number of hydrogen-bond donors (Lipinski definition) is 2. The molecule has 1 unspecified atom stereocenters. The largest absolute Gasteiger partial charge is 0.379 e. The maximum Gasteiger partial charge on any atom is 0.191 e. The number of hydrogen-bond acceptors (Lipinski definition) is 5. The highest BCUT2D eigenvalue weighted by molar-refractivity contribution is 7.91. The summed E-state index contributed by atoms with van der Waals surface area (Å²) in [5.74, 6) is 1.45. The van der Waals surface area contributed by atoms with E-state index >= 15 is 0 Å². The maximum absolute atomic E-state index is 12.4. The van der Waals surface area contributed by atoms with E-state index in [1.54, 1.807) is 31.3 Å². The number of nitrogens with zero attached hydrogens (tertiary/aromatic N) is 2. The Morgan fingerprint density at radius 2 is 1.80 bits per heavy atom. The van der Waals surface area contributed by atoms with Crippen molar-refractivity contribution in [1.82, 2.24) is 15.5 Å². The predicted octanol–water partition coefficient (Wildman–Crippen LogP) is 2.15. The summed E-state index contributed by atoms with van der Waals surface area (Å²) in [6, 6.07) is 9.05. The summed E-state index contributed by atoms with van der Waals surface area (Å²) < 4.78 is 30.3. The van der Waals surface area contributed by atoms with Gasteiger partial charge in [0.15, 0.2) is 15.8 Å². The lowest BCUT2D eigenvalue weighted by atomic mass is 9.92. The zero-order chi connectivity index (χ0) is 21.8. The van der Waals surface area contributed by atoms with E-state index in [2.05, 4.69) is 34.4 Å². The van der Waals surface area contributed by atoms with Crippen LogP contribution in [0.5, 0.6) is 0 Å². The molecule has 0 bridgehead atoms. The first-order chi connectivity index (χ1) is 14.5. The highest BCUT2D eigenvalue weighted by Crippen LogP contribution is 2.19.